The maximum absolute atomic E-state index is 9.87. The zero-order valence-electron chi connectivity index (χ0n) is 10.3. The minimum Gasteiger partial charge on any atom is -0.481 e. The molecule has 0 unspecified atom stereocenters. The number of carboxylic acid groups (broad SMARTS) is 2. The Bertz CT molecular complexity index is 219. The zero-order chi connectivity index (χ0) is 15.1. The minimum atomic E-state index is -1.06. The third-order valence-corrected chi connectivity index (χ3v) is 0.900. The Hall–Kier alpha value is -1.80. The van der Waals surface area contributed by atoms with Crippen molar-refractivity contribution in [2.24, 2.45) is 0 Å². The lowest BCUT2D eigenvalue weighted by Crippen LogP contribution is -2.00. The lowest BCUT2D eigenvalue weighted by molar-refractivity contribution is -0.141. The van der Waals surface area contributed by atoms with Crippen LogP contribution in [0.25, 0.3) is 0 Å². The number of hydrogen-bond acceptors (Lipinski definition) is 6. The highest BCUT2D eigenvalue weighted by atomic mass is 16.4. The van der Waals surface area contributed by atoms with Gasteiger partial charge in [0, 0.05) is 0 Å². The highest BCUT2D eigenvalue weighted by Crippen LogP contribution is 1.78. The Morgan fingerprint density at radius 1 is 0.722 bits per heavy atom. The molecular weight excluding hydrogens is 248 g/mol. The molecule has 4 N–H and O–H groups in total. The van der Waals surface area contributed by atoms with Crippen LogP contribution in [-0.4, -0.2) is 57.1 Å². The van der Waals surface area contributed by atoms with Gasteiger partial charge < -0.3 is 20.4 Å². The molecule has 0 aromatic rings. The summed E-state index contributed by atoms with van der Waals surface area (Å²) in [6.45, 7) is 2.24. The molecule has 18 heavy (non-hydrogen) atoms. The van der Waals surface area contributed by atoms with Gasteiger partial charge in [0.2, 0.25) is 0 Å². The van der Waals surface area contributed by atoms with E-state index in [2.05, 4.69) is 0 Å². The molecule has 0 fully saturated rings. The monoisotopic (exact) mass is 266 g/mol. The van der Waals surface area contributed by atoms with Crippen LogP contribution in [0, 0.1) is 0 Å². The molecule has 0 atom stereocenters. The fourth-order valence-corrected chi connectivity index (χ4v) is 0.426. The fraction of sp³-hybridized carbons (Fsp3) is 0.600. The molecule has 0 aromatic carbocycles. The topological polar surface area (TPSA) is 149 Å². The van der Waals surface area contributed by atoms with E-state index in [1.807, 2.05) is 0 Å². The fourth-order valence-electron chi connectivity index (χ4n) is 0.426. The average Bonchev–Trinajstić information content (AvgIpc) is 2.14. The number of rotatable bonds is 5. The molecule has 0 rings (SSSR count). The highest BCUT2D eigenvalue weighted by molar-refractivity contribution is 5.93. The van der Waals surface area contributed by atoms with Crippen molar-refractivity contribution in [3.63, 3.8) is 0 Å². The molecule has 8 nitrogen and oxygen atoms in total. The SMILES string of the molecule is CC(=O)CC(=O)O.CC(=O)CC(=O)O.OCCO. The van der Waals surface area contributed by atoms with Gasteiger partial charge in [0.15, 0.2) is 0 Å². The molecule has 0 spiro atoms. The summed E-state index contributed by atoms with van der Waals surface area (Å²) < 4.78 is 0. The minimum absolute atomic E-state index is 0.125. The second-order valence-electron chi connectivity index (χ2n) is 2.99. The normalized spacial score (nSPS) is 8.00. The maximum atomic E-state index is 9.87. The Balaban J connectivity index is -0.000000196. The predicted octanol–water partition coefficient (Wildman–Crippen LogP) is -0.929. The molecule has 0 bridgehead atoms. The first kappa shape index (κ1) is 21.5. The number of aliphatic hydroxyl groups excluding tert-OH is 2. The van der Waals surface area contributed by atoms with Gasteiger partial charge >= 0.3 is 11.9 Å². The summed E-state index contributed by atoms with van der Waals surface area (Å²) in [7, 11) is 0. The van der Waals surface area contributed by atoms with Gasteiger partial charge in [-0.25, -0.2) is 0 Å². The standard InChI is InChI=1S/2C4H6O3.C2H6O2/c2*1-3(5)2-4(6)7;3-1-2-4/h2*2H2,1H3,(H,6,7);3-4H,1-2H2. The zero-order valence-corrected chi connectivity index (χ0v) is 10.3. The lowest BCUT2D eigenvalue weighted by Gasteiger charge is -1.80. The largest absolute Gasteiger partial charge is 0.481 e. The number of aliphatic hydroxyl groups is 2. The molecule has 0 radical (unpaired) electrons. The highest BCUT2D eigenvalue weighted by Gasteiger charge is 1.98. The molecule has 8 heteroatoms. The first-order valence-corrected chi connectivity index (χ1v) is 4.81. The number of hydrogen-bond donors (Lipinski definition) is 4. The van der Waals surface area contributed by atoms with Crippen LogP contribution in [0.2, 0.25) is 0 Å². The van der Waals surface area contributed by atoms with Crippen molar-refractivity contribution in [2.75, 3.05) is 13.2 Å². The van der Waals surface area contributed by atoms with Crippen molar-refractivity contribution in [1.82, 2.24) is 0 Å². The van der Waals surface area contributed by atoms with Crippen LogP contribution in [0.3, 0.4) is 0 Å². The van der Waals surface area contributed by atoms with Gasteiger partial charge in [-0.1, -0.05) is 0 Å². The van der Waals surface area contributed by atoms with E-state index in [1.165, 1.54) is 13.8 Å². The summed E-state index contributed by atoms with van der Waals surface area (Å²) in [5, 5.41) is 31.0. The number of carboxylic acids is 2. The van der Waals surface area contributed by atoms with Gasteiger partial charge in [0.25, 0.3) is 0 Å². The van der Waals surface area contributed by atoms with Gasteiger partial charge in [-0.05, 0) is 13.8 Å². The summed E-state index contributed by atoms with van der Waals surface area (Å²) in [5.41, 5.74) is 0. The number of aliphatic carboxylic acids is 2. The van der Waals surface area contributed by atoms with Crippen LogP contribution in [0.5, 0.6) is 0 Å². The summed E-state index contributed by atoms with van der Waals surface area (Å²) >= 11 is 0. The van der Waals surface area contributed by atoms with E-state index in [9.17, 15) is 19.2 Å². The van der Waals surface area contributed by atoms with Crippen LogP contribution in [0.15, 0.2) is 0 Å². The smallest absolute Gasteiger partial charge is 0.310 e. The van der Waals surface area contributed by atoms with Crippen LogP contribution < -0.4 is 0 Å². The second-order valence-corrected chi connectivity index (χ2v) is 2.99. The van der Waals surface area contributed by atoms with E-state index in [4.69, 9.17) is 20.4 Å². The lowest BCUT2D eigenvalue weighted by atomic mass is 10.3. The molecule has 0 heterocycles. The van der Waals surface area contributed by atoms with Crippen molar-refractivity contribution in [2.45, 2.75) is 26.7 Å². The molecule has 106 valence electrons. The molecule has 0 aromatic heterocycles. The van der Waals surface area contributed by atoms with Crippen molar-refractivity contribution in [3.05, 3.63) is 0 Å². The quantitative estimate of drug-likeness (QED) is 0.466. The third kappa shape index (κ3) is 47.7. The average molecular weight is 266 g/mol. The summed E-state index contributed by atoms with van der Waals surface area (Å²) in [6, 6.07) is 0. The van der Waals surface area contributed by atoms with Gasteiger partial charge in [-0.15, -0.1) is 0 Å². The maximum Gasteiger partial charge on any atom is 0.310 e. The van der Waals surface area contributed by atoms with Gasteiger partial charge in [0.05, 0.1) is 13.2 Å². The Morgan fingerprint density at radius 2 is 0.944 bits per heavy atom. The first-order valence-electron chi connectivity index (χ1n) is 4.81. The van der Waals surface area contributed by atoms with Crippen molar-refractivity contribution >= 4 is 23.5 Å². The van der Waals surface area contributed by atoms with E-state index >= 15 is 0 Å². The van der Waals surface area contributed by atoms with Crippen LogP contribution in [0.1, 0.15) is 26.7 Å². The predicted molar refractivity (Wildman–Crippen MR) is 60.0 cm³/mol. The molecular formula is C10H18O8. The van der Waals surface area contributed by atoms with E-state index in [0.717, 1.165) is 0 Å². The first-order chi connectivity index (χ1) is 8.17. The number of carbonyl (C=O) groups is 4. The van der Waals surface area contributed by atoms with E-state index in [0.29, 0.717) is 0 Å². The summed E-state index contributed by atoms with van der Waals surface area (Å²) in [4.78, 5) is 38.9. The third-order valence-electron chi connectivity index (χ3n) is 0.900. The molecule has 0 aliphatic carbocycles. The van der Waals surface area contributed by atoms with Crippen LogP contribution >= 0.6 is 0 Å². The second kappa shape index (κ2) is 15.2. The van der Waals surface area contributed by atoms with Gasteiger partial charge in [-0.2, -0.15) is 0 Å². The molecule has 0 aliphatic rings. The summed E-state index contributed by atoms with van der Waals surface area (Å²) in [5.74, 6) is -2.75. The molecule has 0 saturated heterocycles. The van der Waals surface area contributed by atoms with Crippen molar-refractivity contribution < 1.29 is 39.6 Å². The van der Waals surface area contributed by atoms with Gasteiger partial charge in [-0.3, -0.25) is 19.2 Å². The Kier molecular flexibility index (Phi) is 18.1. The van der Waals surface area contributed by atoms with E-state index in [1.54, 1.807) is 0 Å². The molecule has 0 amide bonds. The van der Waals surface area contributed by atoms with Crippen molar-refractivity contribution in [1.29, 1.82) is 0 Å². The van der Waals surface area contributed by atoms with E-state index < -0.39 is 11.9 Å². The number of carbonyl (C=O) groups excluding carboxylic acids is 2. The summed E-state index contributed by atoms with van der Waals surface area (Å²) in [6.07, 6.45) is -0.722. The Morgan fingerprint density at radius 3 is 0.944 bits per heavy atom. The van der Waals surface area contributed by atoms with Gasteiger partial charge in [0.1, 0.15) is 24.4 Å². The molecule has 0 aliphatic heterocycles. The number of ketones is 2. The number of Topliss-reactive ketones (excluding diaryl/α,β-unsaturated/α-hetero) is 2. The Labute approximate surface area is 104 Å². The van der Waals surface area contributed by atoms with E-state index in [-0.39, 0.29) is 37.6 Å². The van der Waals surface area contributed by atoms with Crippen LogP contribution in [-0.2, 0) is 19.2 Å². The van der Waals surface area contributed by atoms with Crippen molar-refractivity contribution in [3.8, 4) is 0 Å². The molecule has 0 saturated carbocycles. The van der Waals surface area contributed by atoms with Crippen LogP contribution in [0.4, 0.5) is 0 Å².